The van der Waals surface area contributed by atoms with Gasteiger partial charge in [0, 0.05) is 18.2 Å². The number of benzene rings is 1. The predicted octanol–water partition coefficient (Wildman–Crippen LogP) is 2.57. The van der Waals surface area contributed by atoms with Crippen LogP contribution in [0.3, 0.4) is 0 Å². The predicted molar refractivity (Wildman–Crippen MR) is 98.6 cm³/mol. The Labute approximate surface area is 154 Å². The van der Waals surface area contributed by atoms with Crippen molar-refractivity contribution in [2.45, 2.75) is 25.7 Å². The van der Waals surface area contributed by atoms with Gasteiger partial charge in [0.1, 0.15) is 16.5 Å². The van der Waals surface area contributed by atoms with Gasteiger partial charge in [-0.2, -0.15) is 0 Å². The molecule has 1 amide bonds. The molecule has 1 atom stereocenters. The monoisotopic (exact) mass is 369 g/mol. The number of amides is 1. The second kappa shape index (κ2) is 6.87. The van der Waals surface area contributed by atoms with E-state index in [1.54, 1.807) is 7.11 Å². The molecule has 2 aromatic heterocycles. The Morgan fingerprint density at radius 1 is 1.31 bits per heavy atom. The number of hydrogen-bond acceptors (Lipinski definition) is 6. The van der Waals surface area contributed by atoms with Gasteiger partial charge in [0.25, 0.3) is 5.91 Å². The molecule has 0 saturated carbocycles. The molecule has 3 aromatic rings. The minimum Gasteiger partial charge on any atom is -0.496 e. The zero-order valence-corrected chi connectivity index (χ0v) is 15.4. The van der Waals surface area contributed by atoms with Gasteiger partial charge in [0.15, 0.2) is 10.8 Å². The molecule has 3 heterocycles. The molecule has 8 heteroatoms. The molecular formula is C18H19N5O2S. The Kier molecular flexibility index (Phi) is 4.42. The van der Waals surface area contributed by atoms with Crippen molar-refractivity contribution in [2.75, 3.05) is 13.7 Å². The van der Waals surface area contributed by atoms with E-state index < -0.39 is 0 Å². The van der Waals surface area contributed by atoms with E-state index in [1.165, 1.54) is 11.3 Å². The van der Waals surface area contributed by atoms with Crippen molar-refractivity contribution >= 4 is 17.2 Å². The third-order valence-corrected chi connectivity index (χ3v) is 5.58. The van der Waals surface area contributed by atoms with Crippen LogP contribution < -0.4 is 10.1 Å². The Morgan fingerprint density at radius 3 is 2.92 bits per heavy atom. The molecule has 0 saturated heterocycles. The van der Waals surface area contributed by atoms with Gasteiger partial charge in [-0.05, 0) is 24.5 Å². The molecule has 4 rings (SSSR count). The molecule has 1 aromatic carbocycles. The topological polar surface area (TPSA) is 92.8 Å². The van der Waals surface area contributed by atoms with Crippen LogP contribution in [0.4, 0.5) is 0 Å². The molecule has 1 aliphatic rings. The lowest BCUT2D eigenvalue weighted by Gasteiger charge is -2.17. The summed E-state index contributed by atoms with van der Waals surface area (Å²) in [6.45, 7) is 2.57. The average molecular weight is 369 g/mol. The molecule has 134 valence electrons. The highest BCUT2D eigenvalue weighted by atomic mass is 32.1. The number of nitrogens with zero attached hydrogens (tertiary/aromatic N) is 3. The molecule has 1 aliphatic heterocycles. The number of H-pyrrole nitrogens is 1. The Hall–Kier alpha value is -2.74. The SMILES string of the molecule is CCc1nnc(-c2nc3c([nH]2)C[C@@H](c2ccccc2OC)CNC3=O)s1. The number of aromatic nitrogens is 4. The molecule has 2 N–H and O–H groups in total. The quantitative estimate of drug-likeness (QED) is 0.737. The number of para-hydroxylation sites is 1. The Morgan fingerprint density at radius 2 is 2.15 bits per heavy atom. The molecule has 0 bridgehead atoms. The molecule has 7 nitrogen and oxygen atoms in total. The Bertz CT molecular complexity index is 949. The van der Waals surface area contributed by atoms with Gasteiger partial charge >= 0.3 is 0 Å². The van der Waals surface area contributed by atoms with E-state index >= 15 is 0 Å². The first-order chi connectivity index (χ1) is 12.7. The third kappa shape index (κ3) is 2.96. The molecule has 0 aliphatic carbocycles. The fraction of sp³-hybridized carbons (Fsp3) is 0.333. The first-order valence-electron chi connectivity index (χ1n) is 8.52. The summed E-state index contributed by atoms with van der Waals surface area (Å²) in [7, 11) is 1.66. The van der Waals surface area contributed by atoms with Gasteiger partial charge in [-0.25, -0.2) is 4.98 Å². The van der Waals surface area contributed by atoms with Crippen LogP contribution in [-0.4, -0.2) is 39.7 Å². The third-order valence-electron chi connectivity index (χ3n) is 4.50. The number of aromatic amines is 1. The van der Waals surface area contributed by atoms with Crippen molar-refractivity contribution in [3.8, 4) is 16.6 Å². The van der Waals surface area contributed by atoms with E-state index in [0.29, 0.717) is 29.5 Å². The first-order valence-corrected chi connectivity index (χ1v) is 9.34. The largest absolute Gasteiger partial charge is 0.496 e. The van der Waals surface area contributed by atoms with E-state index in [0.717, 1.165) is 28.4 Å². The summed E-state index contributed by atoms with van der Waals surface area (Å²) in [6.07, 6.45) is 1.50. The highest BCUT2D eigenvalue weighted by molar-refractivity contribution is 7.14. The van der Waals surface area contributed by atoms with Crippen molar-refractivity contribution in [2.24, 2.45) is 0 Å². The number of hydrogen-bond donors (Lipinski definition) is 2. The van der Waals surface area contributed by atoms with Crippen LogP contribution >= 0.6 is 11.3 Å². The molecule has 0 unspecified atom stereocenters. The lowest BCUT2D eigenvalue weighted by molar-refractivity contribution is 0.0950. The van der Waals surface area contributed by atoms with Crippen molar-refractivity contribution < 1.29 is 9.53 Å². The number of nitrogens with one attached hydrogen (secondary N) is 2. The number of carbonyl (C=O) groups excluding carboxylic acids is 1. The van der Waals surface area contributed by atoms with Crippen molar-refractivity contribution in [1.29, 1.82) is 0 Å². The van der Waals surface area contributed by atoms with Gasteiger partial charge in [-0.1, -0.05) is 36.5 Å². The number of imidazole rings is 1. The van der Waals surface area contributed by atoms with Gasteiger partial charge in [-0.3, -0.25) is 4.79 Å². The first kappa shape index (κ1) is 16.7. The molecule has 0 radical (unpaired) electrons. The van der Waals surface area contributed by atoms with Crippen LogP contribution in [0, 0.1) is 0 Å². The van der Waals surface area contributed by atoms with Crippen LogP contribution in [0.5, 0.6) is 5.75 Å². The maximum atomic E-state index is 12.5. The summed E-state index contributed by atoms with van der Waals surface area (Å²) in [5.74, 6) is 1.36. The van der Waals surface area contributed by atoms with Crippen LogP contribution in [-0.2, 0) is 12.8 Å². The van der Waals surface area contributed by atoms with E-state index in [4.69, 9.17) is 4.74 Å². The number of ether oxygens (including phenoxy) is 1. The Balaban J connectivity index is 1.69. The van der Waals surface area contributed by atoms with Crippen molar-refractivity contribution in [1.82, 2.24) is 25.5 Å². The normalized spacial score (nSPS) is 16.7. The van der Waals surface area contributed by atoms with Crippen LogP contribution in [0.2, 0.25) is 0 Å². The lowest BCUT2D eigenvalue weighted by Crippen LogP contribution is -2.26. The smallest absolute Gasteiger partial charge is 0.271 e. The lowest BCUT2D eigenvalue weighted by atomic mass is 9.93. The molecule has 0 fully saturated rings. The summed E-state index contributed by atoms with van der Waals surface area (Å²) in [6, 6.07) is 7.90. The fourth-order valence-electron chi connectivity index (χ4n) is 3.18. The van der Waals surface area contributed by atoms with Crippen LogP contribution in [0.15, 0.2) is 24.3 Å². The number of fused-ring (bicyclic) bond motifs is 1. The summed E-state index contributed by atoms with van der Waals surface area (Å²) >= 11 is 1.49. The molecule has 26 heavy (non-hydrogen) atoms. The average Bonchev–Trinajstić information content (AvgIpc) is 3.28. The highest BCUT2D eigenvalue weighted by Gasteiger charge is 2.28. The number of rotatable bonds is 4. The minimum absolute atomic E-state index is 0.102. The molecular weight excluding hydrogens is 350 g/mol. The van der Waals surface area contributed by atoms with Crippen molar-refractivity contribution in [3.63, 3.8) is 0 Å². The summed E-state index contributed by atoms with van der Waals surface area (Å²) in [5, 5.41) is 12.9. The number of carbonyl (C=O) groups is 1. The van der Waals surface area contributed by atoms with Gasteiger partial charge < -0.3 is 15.0 Å². The second-order valence-electron chi connectivity index (χ2n) is 6.12. The minimum atomic E-state index is -0.167. The summed E-state index contributed by atoms with van der Waals surface area (Å²) < 4.78 is 5.49. The maximum Gasteiger partial charge on any atom is 0.271 e. The van der Waals surface area contributed by atoms with E-state index in [-0.39, 0.29) is 11.8 Å². The summed E-state index contributed by atoms with van der Waals surface area (Å²) in [5.41, 5.74) is 2.33. The maximum absolute atomic E-state index is 12.5. The zero-order chi connectivity index (χ0) is 18.1. The number of methoxy groups -OCH3 is 1. The van der Waals surface area contributed by atoms with E-state index in [2.05, 4.69) is 25.5 Å². The standard InChI is InChI=1S/C18H19N5O2S/c1-3-14-22-23-18(26-14)16-20-12-8-10(9-19-17(24)15(12)21-16)11-6-4-5-7-13(11)25-2/h4-7,10H,3,8-9H2,1-2H3,(H,19,24)(H,20,21)/t10-/m1/s1. The van der Waals surface area contributed by atoms with E-state index in [9.17, 15) is 4.79 Å². The van der Waals surface area contributed by atoms with Gasteiger partial charge in [0.05, 0.1) is 7.11 Å². The van der Waals surface area contributed by atoms with Crippen LogP contribution in [0.25, 0.3) is 10.8 Å². The summed E-state index contributed by atoms with van der Waals surface area (Å²) in [4.78, 5) is 20.3. The second-order valence-corrected chi connectivity index (χ2v) is 7.18. The number of aryl methyl sites for hydroxylation is 1. The van der Waals surface area contributed by atoms with Gasteiger partial charge in [0.2, 0.25) is 0 Å². The van der Waals surface area contributed by atoms with Crippen LogP contribution in [0.1, 0.15) is 39.6 Å². The van der Waals surface area contributed by atoms with Gasteiger partial charge in [-0.15, -0.1) is 10.2 Å². The van der Waals surface area contributed by atoms with E-state index in [1.807, 2.05) is 31.2 Å². The zero-order valence-electron chi connectivity index (χ0n) is 14.6. The fourth-order valence-corrected chi connectivity index (χ4v) is 3.90. The van der Waals surface area contributed by atoms with Crippen molar-refractivity contribution in [3.05, 3.63) is 46.2 Å². The highest BCUT2D eigenvalue weighted by Crippen LogP contribution is 2.32. The molecule has 0 spiro atoms.